The number of aliphatic imine (C=N–C) groups is 1. The van der Waals surface area contributed by atoms with E-state index in [0.29, 0.717) is 54.1 Å². The number of allylic oxidation sites excluding steroid dienone is 1. The number of esters is 1. The molecule has 0 bridgehead atoms. The number of hydrogen-bond donors (Lipinski definition) is 0. The van der Waals surface area contributed by atoms with E-state index in [-0.39, 0.29) is 24.3 Å². The smallest absolute Gasteiger partial charge is 0.338 e. The van der Waals surface area contributed by atoms with E-state index in [2.05, 4.69) is 0 Å². The van der Waals surface area contributed by atoms with Crippen LogP contribution in [0.5, 0.6) is 11.5 Å². The van der Waals surface area contributed by atoms with E-state index < -0.39 is 12.0 Å². The van der Waals surface area contributed by atoms with Crippen LogP contribution in [0.3, 0.4) is 0 Å². The molecule has 2 amide bonds. The number of piperazine rings is 1. The second-order valence-corrected chi connectivity index (χ2v) is 11.2. The number of rotatable bonds is 7. The lowest BCUT2D eigenvalue weighted by molar-refractivity contribution is -0.143. The minimum absolute atomic E-state index is 0.0189. The fraction of sp³-hybridized carbons (Fsp3) is 0.355. The van der Waals surface area contributed by atoms with Gasteiger partial charge < -0.3 is 24.2 Å². The third-order valence-electron chi connectivity index (χ3n) is 7.13. The summed E-state index contributed by atoms with van der Waals surface area (Å²) in [6.45, 7) is 9.03. The van der Waals surface area contributed by atoms with E-state index in [1.165, 1.54) is 11.8 Å². The maximum Gasteiger partial charge on any atom is 0.338 e. The van der Waals surface area contributed by atoms with Gasteiger partial charge >= 0.3 is 5.97 Å². The first-order valence-corrected chi connectivity index (χ1v) is 14.6. The normalized spacial score (nSPS) is 18.7. The lowest BCUT2D eigenvalue weighted by Gasteiger charge is -2.38. The molecule has 0 aliphatic carbocycles. The summed E-state index contributed by atoms with van der Waals surface area (Å²) in [6.07, 6.45) is -0.159. The second kappa shape index (κ2) is 12.2. The maximum absolute atomic E-state index is 13.5. The second-order valence-electron chi connectivity index (χ2n) is 10.4. The van der Waals surface area contributed by atoms with Gasteiger partial charge in [0.2, 0.25) is 11.8 Å². The zero-order valence-corrected chi connectivity index (χ0v) is 24.5. The van der Waals surface area contributed by atoms with Crippen molar-refractivity contribution in [2.45, 2.75) is 46.3 Å². The summed E-state index contributed by atoms with van der Waals surface area (Å²) in [5.74, 6) is 0.880. The molecule has 0 unspecified atom stereocenters. The predicted molar refractivity (Wildman–Crippen MR) is 158 cm³/mol. The molecule has 1 atom stereocenters. The molecule has 10 heteroatoms. The Bertz CT molecular complexity index is 1430. The minimum Gasteiger partial charge on any atom is -0.459 e. The molecule has 0 N–H and O–H groups in total. The number of para-hydroxylation sites is 1. The van der Waals surface area contributed by atoms with Gasteiger partial charge in [0.1, 0.15) is 11.5 Å². The van der Waals surface area contributed by atoms with Crippen molar-refractivity contribution in [1.82, 2.24) is 14.7 Å². The minimum atomic E-state index is -0.559. The van der Waals surface area contributed by atoms with Crippen LogP contribution in [-0.4, -0.2) is 69.9 Å². The Morgan fingerprint density at radius 3 is 2.34 bits per heavy atom. The number of hydrogen-bond acceptors (Lipinski definition) is 8. The Morgan fingerprint density at radius 2 is 1.66 bits per heavy atom. The number of amides is 2. The van der Waals surface area contributed by atoms with Crippen molar-refractivity contribution in [3.8, 4) is 11.5 Å². The molecular weight excluding hydrogens is 540 g/mol. The Labute approximate surface area is 244 Å². The molecule has 0 radical (unpaired) electrons. The molecule has 214 valence electrons. The summed E-state index contributed by atoms with van der Waals surface area (Å²) in [6, 6.07) is 16.6. The number of ether oxygens (including phenoxy) is 2. The molecule has 5 rings (SSSR count). The lowest BCUT2D eigenvalue weighted by atomic mass is 9.93. The van der Waals surface area contributed by atoms with Crippen molar-refractivity contribution in [3.05, 3.63) is 82.5 Å². The Kier molecular flexibility index (Phi) is 8.49. The van der Waals surface area contributed by atoms with E-state index in [0.717, 1.165) is 11.3 Å². The molecule has 3 heterocycles. The first-order chi connectivity index (χ1) is 19.7. The summed E-state index contributed by atoms with van der Waals surface area (Å²) in [4.78, 5) is 48.9. The molecule has 3 aliphatic heterocycles. The molecule has 1 fully saturated rings. The highest BCUT2D eigenvalue weighted by atomic mass is 32.2. The topological polar surface area (TPSA) is 91.8 Å². The fourth-order valence-corrected chi connectivity index (χ4v) is 6.10. The SMILES string of the molecule is CC(=O)N1CCN(C(=O)CC2=CSC3=NC(C)=C(C(=O)OC(C)C)[C@H](c4cccc(Oc5ccccc5)c4)N23)CC1. The summed E-state index contributed by atoms with van der Waals surface area (Å²) >= 11 is 1.44. The number of benzene rings is 2. The van der Waals surface area contributed by atoms with Gasteiger partial charge in [-0.1, -0.05) is 42.1 Å². The van der Waals surface area contributed by atoms with Crippen LogP contribution in [0.25, 0.3) is 0 Å². The van der Waals surface area contributed by atoms with Crippen LogP contribution in [0.2, 0.25) is 0 Å². The molecule has 2 aromatic carbocycles. The number of carbonyl (C=O) groups excluding carboxylic acids is 3. The lowest BCUT2D eigenvalue weighted by Crippen LogP contribution is -2.50. The van der Waals surface area contributed by atoms with Gasteiger partial charge in [0.25, 0.3) is 0 Å². The molecule has 41 heavy (non-hydrogen) atoms. The van der Waals surface area contributed by atoms with E-state index >= 15 is 0 Å². The van der Waals surface area contributed by atoms with Crippen molar-refractivity contribution in [1.29, 1.82) is 0 Å². The van der Waals surface area contributed by atoms with Gasteiger partial charge in [-0.2, -0.15) is 0 Å². The maximum atomic E-state index is 13.5. The highest BCUT2D eigenvalue weighted by Gasteiger charge is 2.42. The average molecular weight is 575 g/mol. The van der Waals surface area contributed by atoms with Crippen LogP contribution >= 0.6 is 11.8 Å². The van der Waals surface area contributed by atoms with Gasteiger partial charge in [-0.15, -0.1) is 0 Å². The van der Waals surface area contributed by atoms with Crippen molar-refractivity contribution in [3.63, 3.8) is 0 Å². The van der Waals surface area contributed by atoms with Crippen molar-refractivity contribution >= 4 is 34.7 Å². The zero-order chi connectivity index (χ0) is 29.1. The molecule has 9 nitrogen and oxygen atoms in total. The molecule has 1 saturated heterocycles. The standard InChI is InChI=1S/C31H34N4O5S/c1-20(2)39-30(38)28-21(3)32-31-35(24(19-41-31)18-27(37)34-15-13-33(14-16-34)22(4)36)29(28)23-9-8-12-26(17-23)40-25-10-6-5-7-11-25/h5-12,17,19-20,29H,13-16,18H2,1-4H3/t29-/m0/s1. The predicted octanol–water partition coefficient (Wildman–Crippen LogP) is 5.09. The molecular formula is C31H34N4O5S. The third kappa shape index (κ3) is 6.32. The fourth-order valence-electron chi connectivity index (χ4n) is 5.13. The van der Waals surface area contributed by atoms with E-state index in [1.807, 2.05) is 85.7 Å². The largest absolute Gasteiger partial charge is 0.459 e. The Hall–Kier alpha value is -4.05. The van der Waals surface area contributed by atoms with Gasteiger partial charge in [-0.25, -0.2) is 9.79 Å². The van der Waals surface area contributed by atoms with E-state index in [1.54, 1.807) is 16.7 Å². The Balaban J connectivity index is 1.45. The molecule has 0 spiro atoms. The quantitative estimate of drug-likeness (QED) is 0.426. The number of carbonyl (C=O) groups is 3. The summed E-state index contributed by atoms with van der Waals surface area (Å²) in [5.41, 5.74) is 2.58. The first kappa shape index (κ1) is 28.5. The highest BCUT2D eigenvalue weighted by molar-refractivity contribution is 8.16. The van der Waals surface area contributed by atoms with Crippen LogP contribution in [-0.2, 0) is 19.1 Å². The zero-order valence-electron chi connectivity index (χ0n) is 23.7. The third-order valence-corrected chi connectivity index (χ3v) is 8.01. The summed E-state index contributed by atoms with van der Waals surface area (Å²) < 4.78 is 11.8. The van der Waals surface area contributed by atoms with Crippen LogP contribution in [0.15, 0.2) is 82.0 Å². The number of amidine groups is 1. The first-order valence-electron chi connectivity index (χ1n) is 13.7. The summed E-state index contributed by atoms with van der Waals surface area (Å²) in [5, 5.41) is 2.64. The van der Waals surface area contributed by atoms with E-state index in [9.17, 15) is 14.4 Å². The van der Waals surface area contributed by atoms with Gasteiger partial charge in [-0.05, 0) is 56.0 Å². The summed E-state index contributed by atoms with van der Waals surface area (Å²) in [7, 11) is 0. The number of thioether (sulfide) groups is 1. The van der Waals surface area contributed by atoms with Crippen LogP contribution in [0.1, 0.15) is 45.7 Å². The highest BCUT2D eigenvalue weighted by Crippen LogP contribution is 2.45. The van der Waals surface area contributed by atoms with E-state index in [4.69, 9.17) is 14.5 Å². The average Bonchev–Trinajstić information content (AvgIpc) is 3.34. The number of fused-ring (bicyclic) bond motifs is 1. The molecule has 0 saturated carbocycles. The van der Waals surface area contributed by atoms with Gasteiger partial charge in [0.15, 0.2) is 5.17 Å². The van der Waals surface area contributed by atoms with Gasteiger partial charge in [0, 0.05) is 38.8 Å². The van der Waals surface area contributed by atoms with Crippen LogP contribution in [0.4, 0.5) is 0 Å². The monoisotopic (exact) mass is 574 g/mol. The van der Waals surface area contributed by atoms with Crippen LogP contribution < -0.4 is 4.74 Å². The van der Waals surface area contributed by atoms with Gasteiger partial charge in [-0.3, -0.25) is 9.59 Å². The molecule has 0 aromatic heterocycles. The van der Waals surface area contributed by atoms with Crippen molar-refractivity contribution in [2.75, 3.05) is 26.2 Å². The molecule has 2 aromatic rings. The van der Waals surface area contributed by atoms with Crippen LogP contribution in [0, 0.1) is 0 Å². The number of nitrogens with zero attached hydrogens (tertiary/aromatic N) is 4. The van der Waals surface area contributed by atoms with Gasteiger partial charge in [0.05, 0.1) is 29.8 Å². The van der Waals surface area contributed by atoms with Crippen molar-refractivity contribution < 1.29 is 23.9 Å². The van der Waals surface area contributed by atoms with Crippen molar-refractivity contribution in [2.24, 2.45) is 4.99 Å². The Morgan fingerprint density at radius 1 is 0.976 bits per heavy atom. The molecule has 3 aliphatic rings.